The van der Waals surface area contributed by atoms with Crippen LogP contribution in [0.4, 0.5) is 0 Å². The van der Waals surface area contributed by atoms with Gasteiger partial charge in [0.05, 0.1) is 10.8 Å². The maximum absolute atomic E-state index is 12.5. The van der Waals surface area contributed by atoms with Crippen molar-refractivity contribution in [1.29, 1.82) is 0 Å². The standard InChI is InChI=1S/C18H22O3/c1-13-9-5-7-11-17(13,3)15(19)21-16(20)18(4)12-8-6-10-14(18)2/h5-14H,1-4H3. The van der Waals surface area contributed by atoms with Gasteiger partial charge in [0.15, 0.2) is 0 Å². The summed E-state index contributed by atoms with van der Waals surface area (Å²) < 4.78 is 5.23. The molecule has 4 unspecified atom stereocenters. The highest BCUT2D eigenvalue weighted by molar-refractivity contribution is 5.93. The van der Waals surface area contributed by atoms with Crippen molar-refractivity contribution < 1.29 is 14.3 Å². The smallest absolute Gasteiger partial charge is 0.323 e. The van der Waals surface area contributed by atoms with Crippen LogP contribution in [0.5, 0.6) is 0 Å². The van der Waals surface area contributed by atoms with Crippen molar-refractivity contribution >= 4 is 11.9 Å². The largest absolute Gasteiger partial charge is 0.392 e. The van der Waals surface area contributed by atoms with Crippen LogP contribution in [0.1, 0.15) is 27.7 Å². The molecule has 0 aliphatic heterocycles. The first-order valence-corrected chi connectivity index (χ1v) is 7.29. The normalized spacial score (nSPS) is 37.5. The van der Waals surface area contributed by atoms with Crippen LogP contribution >= 0.6 is 0 Å². The van der Waals surface area contributed by atoms with Gasteiger partial charge in [-0.1, -0.05) is 62.5 Å². The molecular weight excluding hydrogens is 264 g/mol. The number of hydrogen-bond acceptors (Lipinski definition) is 3. The number of carbonyl (C=O) groups excluding carboxylic acids is 2. The van der Waals surface area contributed by atoms with Gasteiger partial charge in [-0.2, -0.15) is 0 Å². The number of ether oxygens (including phenoxy) is 1. The third kappa shape index (κ3) is 2.65. The van der Waals surface area contributed by atoms with E-state index in [4.69, 9.17) is 4.74 Å². The fourth-order valence-electron chi connectivity index (χ4n) is 2.49. The second-order valence-electron chi connectivity index (χ2n) is 6.31. The lowest BCUT2D eigenvalue weighted by atomic mass is 9.74. The predicted octanol–water partition coefficient (Wildman–Crippen LogP) is 3.59. The molecule has 2 aliphatic rings. The molecule has 3 heteroatoms. The molecule has 2 aliphatic carbocycles. The molecule has 0 radical (unpaired) electrons. The minimum atomic E-state index is -0.793. The lowest BCUT2D eigenvalue weighted by molar-refractivity contribution is -0.172. The van der Waals surface area contributed by atoms with E-state index in [0.29, 0.717) is 0 Å². The predicted molar refractivity (Wildman–Crippen MR) is 82.2 cm³/mol. The van der Waals surface area contributed by atoms with Crippen LogP contribution in [-0.2, 0) is 14.3 Å². The van der Waals surface area contributed by atoms with Crippen LogP contribution in [0.15, 0.2) is 48.6 Å². The van der Waals surface area contributed by atoms with Crippen LogP contribution in [0.2, 0.25) is 0 Å². The van der Waals surface area contributed by atoms with Crippen LogP contribution in [0, 0.1) is 22.7 Å². The monoisotopic (exact) mass is 286 g/mol. The van der Waals surface area contributed by atoms with Gasteiger partial charge in [0, 0.05) is 0 Å². The first-order chi connectivity index (χ1) is 9.80. The molecule has 0 fully saturated rings. The molecule has 0 bridgehead atoms. The molecule has 0 N–H and O–H groups in total. The number of hydrogen-bond donors (Lipinski definition) is 0. The Morgan fingerprint density at radius 1 is 0.810 bits per heavy atom. The molecule has 21 heavy (non-hydrogen) atoms. The second-order valence-corrected chi connectivity index (χ2v) is 6.31. The molecule has 0 amide bonds. The molecule has 0 spiro atoms. The van der Waals surface area contributed by atoms with E-state index >= 15 is 0 Å². The Kier molecular flexibility index (Phi) is 4.04. The first kappa shape index (κ1) is 15.5. The quantitative estimate of drug-likeness (QED) is 0.575. The number of esters is 2. The van der Waals surface area contributed by atoms with Gasteiger partial charge in [0.1, 0.15) is 0 Å². The van der Waals surface area contributed by atoms with Crippen molar-refractivity contribution in [2.75, 3.05) is 0 Å². The molecule has 4 atom stereocenters. The highest BCUT2D eigenvalue weighted by Gasteiger charge is 2.44. The van der Waals surface area contributed by atoms with Crippen molar-refractivity contribution in [3.8, 4) is 0 Å². The van der Waals surface area contributed by atoms with Crippen molar-refractivity contribution in [3.63, 3.8) is 0 Å². The SMILES string of the molecule is CC1C=CC=CC1(C)C(=O)OC(=O)C1(C)C=CC=CC1C. The van der Waals surface area contributed by atoms with Crippen molar-refractivity contribution in [2.24, 2.45) is 22.7 Å². The lowest BCUT2D eigenvalue weighted by Gasteiger charge is -2.33. The van der Waals surface area contributed by atoms with E-state index in [0.717, 1.165) is 0 Å². The summed E-state index contributed by atoms with van der Waals surface area (Å²) in [6.07, 6.45) is 14.9. The molecule has 0 heterocycles. The Morgan fingerprint density at radius 3 is 1.52 bits per heavy atom. The maximum Gasteiger partial charge on any atom is 0.323 e. The number of carbonyl (C=O) groups is 2. The average Bonchev–Trinajstić information content (AvgIpc) is 2.45. The van der Waals surface area contributed by atoms with E-state index in [2.05, 4.69) is 0 Å². The van der Waals surface area contributed by atoms with Gasteiger partial charge in [-0.05, 0) is 25.7 Å². The third-order valence-corrected chi connectivity index (χ3v) is 4.86. The Labute approximate surface area is 126 Å². The highest BCUT2D eigenvalue weighted by Crippen LogP contribution is 2.38. The van der Waals surface area contributed by atoms with Crippen molar-refractivity contribution in [2.45, 2.75) is 27.7 Å². The zero-order chi connectivity index (χ0) is 15.7. The van der Waals surface area contributed by atoms with Crippen LogP contribution in [-0.4, -0.2) is 11.9 Å². The first-order valence-electron chi connectivity index (χ1n) is 7.29. The summed E-state index contributed by atoms with van der Waals surface area (Å²) in [5.74, 6) is -0.987. The van der Waals surface area contributed by atoms with Crippen LogP contribution in [0.25, 0.3) is 0 Å². The molecule has 0 saturated heterocycles. The summed E-state index contributed by atoms with van der Waals surface area (Å²) in [5, 5.41) is 0. The summed E-state index contributed by atoms with van der Waals surface area (Å²) >= 11 is 0. The maximum atomic E-state index is 12.5. The summed E-state index contributed by atoms with van der Waals surface area (Å²) in [6.45, 7) is 7.49. The van der Waals surface area contributed by atoms with Gasteiger partial charge in [0.25, 0.3) is 0 Å². The van der Waals surface area contributed by atoms with Gasteiger partial charge in [0.2, 0.25) is 0 Å². The zero-order valence-corrected chi connectivity index (χ0v) is 13.0. The molecule has 3 nitrogen and oxygen atoms in total. The highest BCUT2D eigenvalue weighted by atomic mass is 16.6. The van der Waals surface area contributed by atoms with E-state index in [1.54, 1.807) is 26.0 Å². The fourth-order valence-corrected chi connectivity index (χ4v) is 2.49. The minimum absolute atomic E-state index is 0.00479. The molecule has 0 saturated carbocycles. The molecular formula is C18H22O3. The van der Waals surface area contributed by atoms with Crippen LogP contribution in [0.3, 0.4) is 0 Å². The Balaban J connectivity index is 2.15. The molecule has 0 aromatic rings. The second kappa shape index (κ2) is 5.47. The minimum Gasteiger partial charge on any atom is -0.392 e. The van der Waals surface area contributed by atoms with Crippen molar-refractivity contribution in [3.05, 3.63) is 48.6 Å². The molecule has 0 aromatic carbocycles. The lowest BCUT2D eigenvalue weighted by Crippen LogP contribution is -2.41. The summed E-state index contributed by atoms with van der Waals surface area (Å²) in [7, 11) is 0. The summed E-state index contributed by atoms with van der Waals surface area (Å²) in [4.78, 5) is 24.9. The Morgan fingerprint density at radius 2 is 1.19 bits per heavy atom. The van der Waals surface area contributed by atoms with Gasteiger partial charge in [-0.3, -0.25) is 9.59 Å². The average molecular weight is 286 g/mol. The number of allylic oxidation sites excluding steroid dienone is 6. The summed E-state index contributed by atoms with van der Waals surface area (Å²) in [6, 6.07) is 0. The van der Waals surface area contributed by atoms with Crippen molar-refractivity contribution in [1.82, 2.24) is 0 Å². The van der Waals surface area contributed by atoms with Gasteiger partial charge in [-0.15, -0.1) is 0 Å². The van der Waals surface area contributed by atoms with E-state index in [-0.39, 0.29) is 11.8 Å². The van der Waals surface area contributed by atoms with Gasteiger partial charge >= 0.3 is 11.9 Å². The topological polar surface area (TPSA) is 43.4 Å². The van der Waals surface area contributed by atoms with E-state index < -0.39 is 22.8 Å². The Hall–Kier alpha value is -1.90. The third-order valence-electron chi connectivity index (χ3n) is 4.86. The fraction of sp³-hybridized carbons (Fsp3) is 0.444. The molecule has 112 valence electrons. The van der Waals surface area contributed by atoms with E-state index in [9.17, 15) is 9.59 Å². The Bertz CT molecular complexity index is 517. The van der Waals surface area contributed by atoms with Gasteiger partial charge in [-0.25, -0.2) is 0 Å². The van der Waals surface area contributed by atoms with E-state index in [1.807, 2.05) is 50.3 Å². The molecule has 0 aromatic heterocycles. The summed E-state index contributed by atoms with van der Waals surface area (Å²) in [5.41, 5.74) is -1.59. The number of rotatable bonds is 2. The van der Waals surface area contributed by atoms with Gasteiger partial charge < -0.3 is 4.74 Å². The van der Waals surface area contributed by atoms with E-state index in [1.165, 1.54) is 0 Å². The van der Waals surface area contributed by atoms with Crippen LogP contribution < -0.4 is 0 Å². The zero-order valence-electron chi connectivity index (χ0n) is 13.0. The molecule has 2 rings (SSSR count).